The quantitative estimate of drug-likeness (QED) is 0.185. The molecule has 0 spiro atoms. The number of rotatable bonds is 3. The summed E-state index contributed by atoms with van der Waals surface area (Å²) in [6.07, 6.45) is 0. The van der Waals surface area contributed by atoms with Gasteiger partial charge in [0.1, 0.15) is 11.2 Å². The highest BCUT2D eigenvalue weighted by atomic mass is 16.3. The number of fused-ring (bicyclic) bond motifs is 9. The van der Waals surface area contributed by atoms with Gasteiger partial charge in [-0.1, -0.05) is 148 Å². The van der Waals surface area contributed by atoms with Crippen molar-refractivity contribution in [2.24, 2.45) is 0 Å². The van der Waals surface area contributed by atoms with Crippen LogP contribution in [0.3, 0.4) is 0 Å². The van der Waals surface area contributed by atoms with Crippen molar-refractivity contribution in [3.05, 3.63) is 149 Å². The van der Waals surface area contributed by atoms with Crippen LogP contribution in [-0.2, 0) is 21.7 Å². The lowest BCUT2D eigenvalue weighted by Gasteiger charge is -2.33. The summed E-state index contributed by atoms with van der Waals surface area (Å²) in [5, 5.41) is 2.37. The SMILES string of the molecule is CC(C)(C)c1cc(C(C)(C)C)c2c(c1)oc1cccc(N(c3ccc4c(c3)C(C)(C)c3ccccc3-4)c3cccc4c3C(C)(C)c3ccccc3-4)c12. The normalized spacial score (nSPS) is 15.4. The van der Waals surface area contributed by atoms with E-state index in [-0.39, 0.29) is 21.7 Å². The van der Waals surface area contributed by atoms with Gasteiger partial charge >= 0.3 is 0 Å². The van der Waals surface area contributed by atoms with E-state index in [9.17, 15) is 0 Å². The number of nitrogens with zero attached hydrogens (tertiary/aromatic N) is 1. The molecule has 9 rings (SSSR count). The van der Waals surface area contributed by atoms with Crippen LogP contribution >= 0.6 is 0 Å². The lowest BCUT2D eigenvalue weighted by atomic mass is 9.78. The van der Waals surface area contributed by atoms with Crippen molar-refractivity contribution in [2.45, 2.75) is 90.9 Å². The zero-order valence-electron chi connectivity index (χ0n) is 32.3. The van der Waals surface area contributed by atoms with Crippen molar-refractivity contribution < 1.29 is 4.42 Å². The lowest BCUT2D eigenvalue weighted by molar-refractivity contribution is 0.569. The topological polar surface area (TPSA) is 16.4 Å². The van der Waals surface area contributed by atoms with Gasteiger partial charge in [0.05, 0.1) is 16.8 Å². The van der Waals surface area contributed by atoms with Crippen LogP contribution in [0.5, 0.6) is 0 Å². The number of hydrogen-bond acceptors (Lipinski definition) is 2. The summed E-state index contributed by atoms with van der Waals surface area (Å²) in [7, 11) is 0. The monoisotopic (exact) mass is 679 g/mol. The van der Waals surface area contributed by atoms with Gasteiger partial charge < -0.3 is 9.32 Å². The predicted octanol–water partition coefficient (Wildman–Crippen LogP) is 14.3. The third-order valence-corrected chi connectivity index (χ3v) is 12.1. The van der Waals surface area contributed by atoms with Crippen molar-refractivity contribution in [3.8, 4) is 22.3 Å². The Kier molecular flexibility index (Phi) is 6.77. The van der Waals surface area contributed by atoms with Crippen LogP contribution in [0, 0.1) is 0 Å². The van der Waals surface area contributed by atoms with Gasteiger partial charge in [-0.15, -0.1) is 0 Å². The fourth-order valence-electron chi connectivity index (χ4n) is 9.38. The molecule has 2 heteroatoms. The third kappa shape index (κ3) is 4.56. The zero-order chi connectivity index (χ0) is 36.5. The van der Waals surface area contributed by atoms with Gasteiger partial charge in [0, 0.05) is 21.9 Å². The van der Waals surface area contributed by atoms with Crippen LogP contribution in [0.1, 0.15) is 103 Å². The van der Waals surface area contributed by atoms with Gasteiger partial charge in [0.25, 0.3) is 0 Å². The molecule has 0 aliphatic heterocycles. The smallest absolute Gasteiger partial charge is 0.137 e. The van der Waals surface area contributed by atoms with Gasteiger partial charge in [-0.3, -0.25) is 0 Å². The summed E-state index contributed by atoms with van der Waals surface area (Å²) in [6, 6.07) is 43.3. The standard InChI is InChI=1S/C50H49NO/c1-47(2,3)30-27-39(48(4,5)6)44-43(28-30)52-42-24-16-22-40(45(42)44)51(31-25-26-34-32-17-11-13-20-36(32)49(7,8)38(34)29-31)41-23-15-19-35-33-18-12-14-21-37(33)50(9,10)46(35)41/h11-29H,1-10H3. The van der Waals surface area contributed by atoms with Crippen LogP contribution in [0.2, 0.25) is 0 Å². The van der Waals surface area contributed by atoms with Crippen LogP contribution in [0.4, 0.5) is 17.1 Å². The number of furan rings is 1. The molecule has 0 radical (unpaired) electrons. The molecule has 0 bridgehead atoms. The van der Waals surface area contributed by atoms with Gasteiger partial charge in [0.2, 0.25) is 0 Å². The van der Waals surface area contributed by atoms with E-state index in [1.165, 1.54) is 66.7 Å². The van der Waals surface area contributed by atoms with Crippen molar-refractivity contribution in [1.82, 2.24) is 0 Å². The Balaban J connectivity index is 1.39. The molecule has 0 saturated heterocycles. The fourth-order valence-corrected chi connectivity index (χ4v) is 9.38. The molecule has 2 nitrogen and oxygen atoms in total. The maximum atomic E-state index is 6.89. The molecule has 6 aromatic carbocycles. The van der Waals surface area contributed by atoms with E-state index in [4.69, 9.17) is 4.42 Å². The van der Waals surface area contributed by atoms with Crippen LogP contribution in [-0.4, -0.2) is 0 Å². The van der Waals surface area contributed by atoms with Crippen LogP contribution in [0.15, 0.2) is 120 Å². The minimum atomic E-state index is -0.197. The van der Waals surface area contributed by atoms with E-state index < -0.39 is 0 Å². The molecule has 2 aliphatic carbocycles. The molecule has 1 aromatic heterocycles. The molecular weight excluding hydrogens is 631 g/mol. The molecular formula is C50H49NO. The Morgan fingerprint density at radius 3 is 1.77 bits per heavy atom. The van der Waals surface area contributed by atoms with Crippen molar-refractivity contribution in [3.63, 3.8) is 0 Å². The first-order valence-electron chi connectivity index (χ1n) is 18.9. The van der Waals surface area contributed by atoms with Gasteiger partial charge in [-0.05, 0) is 103 Å². The Bertz CT molecular complexity index is 2600. The zero-order valence-corrected chi connectivity index (χ0v) is 32.3. The highest BCUT2D eigenvalue weighted by molar-refractivity contribution is 6.15. The van der Waals surface area contributed by atoms with Gasteiger partial charge in [0.15, 0.2) is 0 Å². The first kappa shape index (κ1) is 32.8. The van der Waals surface area contributed by atoms with E-state index in [1.54, 1.807) is 0 Å². The van der Waals surface area contributed by atoms with Crippen LogP contribution < -0.4 is 4.90 Å². The Morgan fingerprint density at radius 1 is 0.481 bits per heavy atom. The molecule has 0 amide bonds. The van der Waals surface area contributed by atoms with Gasteiger partial charge in [-0.25, -0.2) is 0 Å². The van der Waals surface area contributed by atoms with Crippen LogP contribution in [0.25, 0.3) is 44.2 Å². The molecule has 1 heterocycles. The number of anilines is 3. The maximum Gasteiger partial charge on any atom is 0.137 e. The Labute approximate surface area is 309 Å². The summed E-state index contributed by atoms with van der Waals surface area (Å²) < 4.78 is 6.89. The summed E-state index contributed by atoms with van der Waals surface area (Å²) in [5.74, 6) is 0. The molecule has 7 aromatic rings. The second-order valence-corrected chi connectivity index (χ2v) is 18.3. The van der Waals surface area contributed by atoms with E-state index in [0.717, 1.165) is 27.9 Å². The summed E-state index contributed by atoms with van der Waals surface area (Å²) in [5.41, 5.74) is 18.3. The minimum absolute atomic E-state index is 0.0119. The van der Waals surface area contributed by atoms with Crippen molar-refractivity contribution in [1.29, 1.82) is 0 Å². The summed E-state index contributed by atoms with van der Waals surface area (Å²) in [4.78, 5) is 2.55. The summed E-state index contributed by atoms with van der Waals surface area (Å²) >= 11 is 0. The van der Waals surface area contributed by atoms with E-state index in [1.807, 2.05) is 0 Å². The second kappa shape index (κ2) is 10.7. The third-order valence-electron chi connectivity index (χ3n) is 12.1. The van der Waals surface area contributed by atoms with Crippen molar-refractivity contribution >= 4 is 39.0 Å². The molecule has 0 saturated carbocycles. The maximum absolute atomic E-state index is 6.89. The molecule has 0 N–H and O–H groups in total. The van der Waals surface area contributed by atoms with E-state index in [2.05, 4.69) is 189 Å². The molecule has 0 fully saturated rings. The van der Waals surface area contributed by atoms with Crippen molar-refractivity contribution in [2.75, 3.05) is 4.90 Å². The molecule has 2 aliphatic rings. The second-order valence-electron chi connectivity index (χ2n) is 18.3. The predicted molar refractivity (Wildman–Crippen MR) is 221 cm³/mol. The average molecular weight is 680 g/mol. The lowest BCUT2D eigenvalue weighted by Crippen LogP contribution is -2.21. The molecule has 0 unspecified atom stereocenters. The Morgan fingerprint density at radius 2 is 1.08 bits per heavy atom. The largest absolute Gasteiger partial charge is 0.456 e. The molecule has 52 heavy (non-hydrogen) atoms. The highest BCUT2D eigenvalue weighted by Crippen LogP contribution is 2.57. The summed E-state index contributed by atoms with van der Waals surface area (Å²) in [6.45, 7) is 23.4. The first-order valence-corrected chi connectivity index (χ1v) is 18.9. The fraction of sp³-hybridized carbons (Fsp3) is 0.280. The van der Waals surface area contributed by atoms with E-state index in [0.29, 0.717) is 0 Å². The molecule has 260 valence electrons. The highest BCUT2D eigenvalue weighted by Gasteiger charge is 2.40. The Hall–Kier alpha value is -5.08. The number of hydrogen-bond donors (Lipinski definition) is 0. The number of benzene rings is 6. The minimum Gasteiger partial charge on any atom is -0.456 e. The average Bonchev–Trinajstić information content (AvgIpc) is 3.68. The van der Waals surface area contributed by atoms with E-state index >= 15 is 0 Å². The van der Waals surface area contributed by atoms with Gasteiger partial charge in [-0.2, -0.15) is 0 Å². The molecule has 0 atom stereocenters. The first-order chi connectivity index (χ1) is 24.6.